The highest BCUT2D eigenvalue weighted by Gasteiger charge is 2.06. The number of nitrogens with two attached hydrogens (primary N) is 1. The summed E-state index contributed by atoms with van der Waals surface area (Å²) in [6.45, 7) is 4.87. The number of nitrogens with one attached hydrogen (secondary N) is 1. The van der Waals surface area contributed by atoms with E-state index in [1.54, 1.807) is 11.8 Å². The van der Waals surface area contributed by atoms with Crippen LogP contribution in [0, 0.1) is 6.92 Å². The van der Waals surface area contributed by atoms with Crippen LogP contribution >= 0.6 is 11.8 Å². The van der Waals surface area contributed by atoms with Crippen molar-refractivity contribution in [1.82, 2.24) is 9.97 Å². The van der Waals surface area contributed by atoms with Gasteiger partial charge < -0.3 is 11.1 Å². The summed E-state index contributed by atoms with van der Waals surface area (Å²) in [4.78, 5) is 8.61. The maximum absolute atomic E-state index is 5.80. The molecule has 1 heterocycles. The summed E-state index contributed by atoms with van der Waals surface area (Å²) in [7, 11) is 0. The SMILES string of the molecule is CCc1nc(N)c(C)c(NCCSC)n1. The summed E-state index contributed by atoms with van der Waals surface area (Å²) >= 11 is 1.80. The van der Waals surface area contributed by atoms with E-state index in [2.05, 4.69) is 21.5 Å². The van der Waals surface area contributed by atoms with Gasteiger partial charge in [-0.25, -0.2) is 9.97 Å². The second-order valence-electron chi connectivity index (χ2n) is 3.27. The molecule has 0 amide bonds. The first-order valence-corrected chi connectivity index (χ1v) is 6.44. The maximum Gasteiger partial charge on any atom is 0.134 e. The molecule has 1 aromatic heterocycles. The smallest absolute Gasteiger partial charge is 0.134 e. The Morgan fingerprint density at radius 3 is 2.73 bits per heavy atom. The quantitative estimate of drug-likeness (QED) is 0.748. The zero-order valence-electron chi connectivity index (χ0n) is 9.50. The van der Waals surface area contributed by atoms with Crippen LogP contribution in [0.25, 0.3) is 0 Å². The summed E-state index contributed by atoms with van der Waals surface area (Å²) in [5.74, 6) is 3.30. The van der Waals surface area contributed by atoms with Crippen LogP contribution in [0.3, 0.4) is 0 Å². The number of nitrogen functional groups attached to an aromatic ring is 1. The molecule has 0 saturated carbocycles. The third kappa shape index (κ3) is 3.27. The van der Waals surface area contributed by atoms with E-state index in [4.69, 9.17) is 5.73 Å². The Labute approximate surface area is 95.1 Å². The molecule has 0 saturated heterocycles. The predicted molar refractivity (Wildman–Crippen MR) is 67.4 cm³/mol. The monoisotopic (exact) mass is 226 g/mol. The number of hydrogen-bond donors (Lipinski definition) is 2. The molecule has 4 nitrogen and oxygen atoms in total. The summed E-state index contributed by atoms with van der Waals surface area (Å²) in [6, 6.07) is 0. The minimum absolute atomic E-state index is 0.577. The van der Waals surface area contributed by atoms with Crippen molar-refractivity contribution in [2.45, 2.75) is 20.3 Å². The Kier molecular flexibility index (Phi) is 4.68. The number of nitrogens with zero attached hydrogens (tertiary/aromatic N) is 2. The molecule has 84 valence electrons. The molecule has 0 atom stereocenters. The third-order valence-corrected chi connectivity index (χ3v) is 2.76. The van der Waals surface area contributed by atoms with Crippen LogP contribution in [0.5, 0.6) is 0 Å². The van der Waals surface area contributed by atoms with Gasteiger partial charge in [-0.3, -0.25) is 0 Å². The Morgan fingerprint density at radius 2 is 2.13 bits per heavy atom. The third-order valence-electron chi connectivity index (χ3n) is 2.14. The van der Waals surface area contributed by atoms with Gasteiger partial charge in [-0.05, 0) is 13.2 Å². The zero-order valence-corrected chi connectivity index (χ0v) is 10.3. The fraction of sp³-hybridized carbons (Fsp3) is 0.600. The van der Waals surface area contributed by atoms with Crippen molar-refractivity contribution in [3.05, 3.63) is 11.4 Å². The molecule has 0 aliphatic heterocycles. The highest BCUT2D eigenvalue weighted by molar-refractivity contribution is 7.98. The fourth-order valence-electron chi connectivity index (χ4n) is 1.18. The Hall–Kier alpha value is -0.970. The van der Waals surface area contributed by atoms with Crippen LogP contribution in [0.2, 0.25) is 0 Å². The van der Waals surface area contributed by atoms with Gasteiger partial charge in [0.15, 0.2) is 0 Å². The van der Waals surface area contributed by atoms with Crippen LogP contribution in [0.15, 0.2) is 0 Å². The second kappa shape index (κ2) is 5.80. The molecule has 0 aromatic carbocycles. The molecule has 1 rings (SSSR count). The Morgan fingerprint density at radius 1 is 1.40 bits per heavy atom. The Bertz CT molecular complexity index is 327. The fourth-order valence-corrected chi connectivity index (χ4v) is 1.49. The number of aromatic nitrogens is 2. The van der Waals surface area contributed by atoms with E-state index in [0.29, 0.717) is 5.82 Å². The molecule has 15 heavy (non-hydrogen) atoms. The van der Waals surface area contributed by atoms with Gasteiger partial charge in [0, 0.05) is 24.3 Å². The van der Waals surface area contributed by atoms with Gasteiger partial charge in [0.25, 0.3) is 0 Å². The minimum Gasteiger partial charge on any atom is -0.383 e. The van der Waals surface area contributed by atoms with Crippen molar-refractivity contribution >= 4 is 23.4 Å². The minimum atomic E-state index is 0.577. The molecular formula is C10H18N4S. The van der Waals surface area contributed by atoms with E-state index in [1.165, 1.54) is 0 Å². The van der Waals surface area contributed by atoms with Crippen LogP contribution in [-0.4, -0.2) is 28.5 Å². The van der Waals surface area contributed by atoms with Crippen LogP contribution in [-0.2, 0) is 6.42 Å². The summed E-state index contributed by atoms with van der Waals surface area (Å²) in [6.07, 6.45) is 2.89. The first-order chi connectivity index (χ1) is 7.19. The summed E-state index contributed by atoms with van der Waals surface area (Å²) < 4.78 is 0. The second-order valence-corrected chi connectivity index (χ2v) is 4.26. The van der Waals surface area contributed by atoms with Crippen molar-refractivity contribution < 1.29 is 0 Å². The van der Waals surface area contributed by atoms with Crippen molar-refractivity contribution in [1.29, 1.82) is 0 Å². The number of aryl methyl sites for hydroxylation is 1. The molecule has 0 spiro atoms. The van der Waals surface area contributed by atoms with Crippen LogP contribution in [0.4, 0.5) is 11.6 Å². The first kappa shape index (κ1) is 12.1. The van der Waals surface area contributed by atoms with Crippen molar-refractivity contribution in [2.75, 3.05) is 29.6 Å². The van der Waals surface area contributed by atoms with E-state index >= 15 is 0 Å². The lowest BCUT2D eigenvalue weighted by atomic mass is 10.3. The molecule has 1 aromatic rings. The number of thioether (sulfide) groups is 1. The predicted octanol–water partition coefficient (Wildman–Crippen LogP) is 1.70. The summed E-state index contributed by atoms with van der Waals surface area (Å²) in [5, 5.41) is 3.28. The molecule has 5 heteroatoms. The van der Waals surface area contributed by atoms with Crippen molar-refractivity contribution in [2.24, 2.45) is 0 Å². The van der Waals surface area contributed by atoms with Gasteiger partial charge in [0.1, 0.15) is 17.5 Å². The zero-order chi connectivity index (χ0) is 11.3. The maximum atomic E-state index is 5.80. The van der Waals surface area contributed by atoms with E-state index in [9.17, 15) is 0 Å². The number of anilines is 2. The van der Waals surface area contributed by atoms with Gasteiger partial charge >= 0.3 is 0 Å². The highest BCUT2D eigenvalue weighted by atomic mass is 32.2. The molecule has 0 aliphatic rings. The standard InChI is InChI=1S/C10H18N4S/c1-4-8-13-9(11)7(2)10(14-8)12-5-6-15-3/h4-6H2,1-3H3,(H3,11,12,13,14). The van der Waals surface area contributed by atoms with Crippen LogP contribution < -0.4 is 11.1 Å². The van der Waals surface area contributed by atoms with E-state index in [1.807, 2.05) is 13.8 Å². The average molecular weight is 226 g/mol. The topological polar surface area (TPSA) is 63.8 Å². The van der Waals surface area contributed by atoms with Gasteiger partial charge in [-0.1, -0.05) is 6.92 Å². The Balaban J connectivity index is 2.80. The molecular weight excluding hydrogens is 208 g/mol. The lowest BCUT2D eigenvalue weighted by Crippen LogP contribution is -2.11. The van der Waals surface area contributed by atoms with Crippen LogP contribution in [0.1, 0.15) is 18.3 Å². The lowest BCUT2D eigenvalue weighted by Gasteiger charge is -2.10. The van der Waals surface area contributed by atoms with E-state index in [0.717, 1.165) is 35.9 Å². The van der Waals surface area contributed by atoms with Crippen molar-refractivity contribution in [3.8, 4) is 0 Å². The molecule has 0 unspecified atom stereocenters. The number of hydrogen-bond acceptors (Lipinski definition) is 5. The molecule has 0 aliphatic carbocycles. The van der Waals surface area contributed by atoms with E-state index < -0.39 is 0 Å². The number of rotatable bonds is 5. The molecule has 0 radical (unpaired) electrons. The van der Waals surface area contributed by atoms with Crippen molar-refractivity contribution in [3.63, 3.8) is 0 Å². The average Bonchev–Trinajstić information content (AvgIpc) is 2.24. The lowest BCUT2D eigenvalue weighted by molar-refractivity contribution is 0.932. The van der Waals surface area contributed by atoms with Gasteiger partial charge in [0.05, 0.1) is 0 Å². The highest BCUT2D eigenvalue weighted by Crippen LogP contribution is 2.17. The van der Waals surface area contributed by atoms with Gasteiger partial charge in [-0.15, -0.1) is 0 Å². The van der Waals surface area contributed by atoms with Gasteiger partial charge in [-0.2, -0.15) is 11.8 Å². The summed E-state index contributed by atoms with van der Waals surface area (Å²) in [5.41, 5.74) is 6.74. The normalized spacial score (nSPS) is 10.3. The largest absolute Gasteiger partial charge is 0.383 e. The first-order valence-electron chi connectivity index (χ1n) is 5.04. The van der Waals surface area contributed by atoms with E-state index in [-0.39, 0.29) is 0 Å². The molecule has 3 N–H and O–H groups in total. The molecule has 0 fully saturated rings. The molecule has 0 bridgehead atoms. The van der Waals surface area contributed by atoms with Gasteiger partial charge in [0.2, 0.25) is 0 Å².